The molecule has 0 aliphatic heterocycles. The van der Waals surface area contributed by atoms with Gasteiger partial charge in [-0.25, -0.2) is 0 Å². The van der Waals surface area contributed by atoms with Crippen molar-refractivity contribution in [2.75, 3.05) is 0 Å². The summed E-state index contributed by atoms with van der Waals surface area (Å²) in [5, 5.41) is 0. The minimum absolute atomic E-state index is 0.720. The topological polar surface area (TPSA) is 0 Å². The van der Waals surface area contributed by atoms with Crippen molar-refractivity contribution in [3.8, 4) is 0 Å². The van der Waals surface area contributed by atoms with E-state index in [0.29, 0.717) is 0 Å². The lowest BCUT2D eigenvalue weighted by Gasteiger charge is -2.46. The van der Waals surface area contributed by atoms with Crippen molar-refractivity contribution in [3.05, 3.63) is 63.8 Å². The molecule has 0 aliphatic rings. The highest BCUT2D eigenvalue weighted by atomic mass is 80.0. The summed E-state index contributed by atoms with van der Waals surface area (Å²) < 4.78 is 2.14. The van der Waals surface area contributed by atoms with Crippen molar-refractivity contribution in [2.45, 2.75) is 9.70 Å². The molecule has 0 spiro atoms. The van der Waals surface area contributed by atoms with Crippen LogP contribution < -0.4 is 0 Å². The molecule has 0 saturated carbocycles. The van der Waals surface area contributed by atoms with Crippen LogP contribution in [0.25, 0.3) is 0 Å². The molecular weight excluding hydrogens is 1060 g/mol. The molecule has 2 aromatic rings. The molecule has 26 heavy (non-hydrogen) atoms. The van der Waals surface area contributed by atoms with Crippen LogP contribution in [0.1, 0.15) is 11.1 Å². The van der Waals surface area contributed by atoms with E-state index < -0.39 is 9.70 Å². The van der Waals surface area contributed by atoms with Crippen LogP contribution in [0, 0.1) is 0 Å². The van der Waals surface area contributed by atoms with Gasteiger partial charge in [0.2, 0.25) is 0 Å². The van der Waals surface area contributed by atoms with Gasteiger partial charge < -0.3 is 0 Å². The van der Waals surface area contributed by atoms with Gasteiger partial charge in [0.25, 0.3) is 0 Å². The zero-order chi connectivity index (χ0) is 20.1. The largest absolute Gasteiger partial charge is 0.156 e. The number of hydrogen-bond donors (Lipinski definition) is 0. The van der Waals surface area contributed by atoms with E-state index in [9.17, 15) is 0 Å². The Morgan fingerprint density at radius 2 is 0.923 bits per heavy atom. The van der Waals surface area contributed by atoms with Crippen LogP contribution in [0.3, 0.4) is 0 Å². The summed E-state index contributed by atoms with van der Waals surface area (Å²) in [6.07, 6.45) is 0. The van der Waals surface area contributed by atoms with E-state index in [2.05, 4.69) is 175 Å². The summed E-state index contributed by atoms with van der Waals surface area (Å²) in [5.74, 6) is 0. The van der Waals surface area contributed by atoms with Crippen molar-refractivity contribution < 1.29 is 0 Å². The Hall–Kier alpha value is 3.72. The van der Waals surface area contributed by atoms with Crippen LogP contribution in [0.2, 0.25) is 0 Å². The summed E-state index contributed by atoms with van der Waals surface area (Å²) in [4.78, 5) is 0. The first-order valence-electron chi connectivity index (χ1n) is 6.49. The van der Waals surface area contributed by atoms with Crippen molar-refractivity contribution in [3.63, 3.8) is 0 Å². The van der Waals surface area contributed by atoms with E-state index in [1.807, 2.05) is 30.3 Å². The van der Waals surface area contributed by atoms with Crippen LogP contribution in [-0.4, -0.2) is 2.14 Å². The number of alkyl halides is 6. The Balaban J connectivity index is 2.96. The molecule has 1 atom stereocenters. The predicted octanol–water partition coefficient (Wildman–Crippen LogP) is 11.6. The van der Waals surface area contributed by atoms with Crippen LogP contribution in [0.4, 0.5) is 0 Å². The van der Waals surface area contributed by atoms with Crippen molar-refractivity contribution in [1.82, 2.24) is 0 Å². The van der Waals surface area contributed by atoms with Gasteiger partial charge in [0.15, 0.2) is 2.14 Å². The van der Waals surface area contributed by atoms with Gasteiger partial charge in [-0.1, -0.05) is 126 Å². The van der Waals surface area contributed by atoms with Crippen LogP contribution in [0.5, 0.6) is 0 Å². The lowest BCUT2D eigenvalue weighted by atomic mass is 9.93. The second kappa shape index (κ2) is 9.69. The summed E-state index contributed by atoms with van der Waals surface area (Å²) >= 11 is 41.5. The van der Waals surface area contributed by atoms with Gasteiger partial charge >= 0.3 is 0 Å². The SMILES string of the molecule is Brc1c(Br)c(Br)c(C(Br)(C(Br)(Br)Br)C(Br)(Br)c2ccccc2)c(Br)c1Br. The van der Waals surface area contributed by atoms with Gasteiger partial charge in [-0.15, -0.1) is 0 Å². The minimum atomic E-state index is -0.794. The van der Waals surface area contributed by atoms with E-state index in [0.717, 1.165) is 33.5 Å². The molecule has 0 radical (unpaired) electrons. The monoisotopic (exact) mass is 1050 g/mol. The number of halogens is 11. The van der Waals surface area contributed by atoms with Gasteiger partial charge in [-0.3, -0.25) is 0 Å². The Morgan fingerprint density at radius 3 is 1.31 bits per heavy atom. The fourth-order valence-corrected chi connectivity index (χ4v) is 11.6. The fourth-order valence-electron chi connectivity index (χ4n) is 2.23. The minimum Gasteiger partial charge on any atom is -0.0737 e. The Morgan fingerprint density at radius 1 is 0.538 bits per heavy atom. The second-order valence-corrected chi connectivity index (χ2v) is 20.4. The molecule has 0 saturated heterocycles. The summed E-state index contributed by atoms with van der Waals surface area (Å²) in [7, 11) is 0. The molecule has 142 valence electrons. The standard InChI is InChI=1S/C15H5Br11/c16-8-7(9(17)11(19)12(20)10(8)18)13(21,15(24,25)26)14(22,23)6-4-2-1-3-5-6/h1-5H. The molecule has 2 aromatic carbocycles. The molecule has 1 unspecified atom stereocenters. The first kappa shape index (κ1) is 26.0. The molecule has 11 heteroatoms. The number of rotatable bonds is 3. The lowest BCUT2D eigenvalue weighted by Crippen LogP contribution is -2.46. The zero-order valence-corrected chi connectivity index (χ0v) is 29.5. The highest BCUT2D eigenvalue weighted by Gasteiger charge is 2.61. The highest BCUT2D eigenvalue weighted by Crippen LogP contribution is 2.70. The Bertz CT molecular complexity index is 797. The molecule has 0 fully saturated rings. The first-order chi connectivity index (χ1) is 11.8. The highest BCUT2D eigenvalue weighted by molar-refractivity contribution is 9.40. The van der Waals surface area contributed by atoms with E-state index >= 15 is 0 Å². The van der Waals surface area contributed by atoms with Gasteiger partial charge in [0.05, 0.1) is 0 Å². The maximum absolute atomic E-state index is 4.02. The molecule has 0 aliphatic carbocycles. The average molecular weight is 1060 g/mol. The first-order valence-corrected chi connectivity index (χ1v) is 15.2. The number of hydrogen-bond acceptors (Lipinski definition) is 0. The lowest BCUT2D eigenvalue weighted by molar-refractivity contribution is 0.639. The van der Waals surface area contributed by atoms with E-state index in [-0.39, 0.29) is 0 Å². The molecule has 0 heterocycles. The third-order valence-corrected chi connectivity index (χ3v) is 17.7. The van der Waals surface area contributed by atoms with Gasteiger partial charge in [-0.2, -0.15) is 0 Å². The van der Waals surface area contributed by atoms with Crippen molar-refractivity contribution >= 4 is 175 Å². The molecule has 0 aromatic heterocycles. The average Bonchev–Trinajstić information content (AvgIpc) is 2.57. The van der Waals surface area contributed by atoms with Crippen molar-refractivity contribution in [1.29, 1.82) is 0 Å². The summed E-state index contributed by atoms with van der Waals surface area (Å²) in [6.45, 7) is 0. The molecule has 0 bridgehead atoms. The maximum Gasteiger partial charge on any atom is 0.156 e. The van der Waals surface area contributed by atoms with Crippen LogP contribution in [0.15, 0.2) is 52.7 Å². The van der Waals surface area contributed by atoms with Gasteiger partial charge in [0, 0.05) is 27.9 Å². The van der Waals surface area contributed by atoms with E-state index in [1.165, 1.54) is 0 Å². The van der Waals surface area contributed by atoms with Gasteiger partial charge in [0.1, 0.15) is 7.56 Å². The molecule has 0 nitrogen and oxygen atoms in total. The van der Waals surface area contributed by atoms with Crippen LogP contribution in [-0.2, 0) is 7.56 Å². The molecular formula is C15H5Br11. The van der Waals surface area contributed by atoms with E-state index in [1.54, 1.807) is 0 Å². The molecule has 0 N–H and O–H groups in total. The normalized spacial score (nSPS) is 15.0. The Kier molecular flexibility index (Phi) is 9.68. The second-order valence-electron chi connectivity index (χ2n) is 5.04. The smallest absolute Gasteiger partial charge is 0.0737 e. The van der Waals surface area contributed by atoms with E-state index in [4.69, 9.17) is 0 Å². The number of benzene rings is 2. The maximum atomic E-state index is 4.02. The molecule has 2 rings (SSSR count). The van der Waals surface area contributed by atoms with Crippen molar-refractivity contribution in [2.24, 2.45) is 0 Å². The quantitative estimate of drug-likeness (QED) is 0.163. The van der Waals surface area contributed by atoms with Gasteiger partial charge in [-0.05, 0) is 85.2 Å². The predicted molar refractivity (Wildman–Crippen MR) is 151 cm³/mol. The zero-order valence-electron chi connectivity index (χ0n) is 12.0. The molecule has 0 amide bonds. The van der Waals surface area contributed by atoms with Crippen LogP contribution >= 0.6 is 175 Å². The summed E-state index contributed by atoms with van der Waals surface area (Å²) in [6, 6.07) is 10.1. The fraction of sp³-hybridized carbons (Fsp3) is 0.200. The Labute approximate surface area is 244 Å². The third kappa shape index (κ3) is 4.58. The summed E-state index contributed by atoms with van der Waals surface area (Å²) in [5.41, 5.74) is 1.95. The third-order valence-electron chi connectivity index (χ3n) is 3.51.